The average Bonchev–Trinajstić information content (AvgIpc) is 3.11. The summed E-state index contributed by atoms with van der Waals surface area (Å²) in [5.74, 6) is -0.989. The summed E-state index contributed by atoms with van der Waals surface area (Å²) >= 11 is 0. The summed E-state index contributed by atoms with van der Waals surface area (Å²) in [7, 11) is 1.03. The van der Waals surface area contributed by atoms with E-state index in [4.69, 9.17) is 15.4 Å². The van der Waals surface area contributed by atoms with Gasteiger partial charge >= 0.3 is 5.97 Å². The summed E-state index contributed by atoms with van der Waals surface area (Å²) in [6, 6.07) is 2.68. The fourth-order valence-corrected chi connectivity index (χ4v) is 2.42. The first kappa shape index (κ1) is 14.3. The van der Waals surface area contributed by atoms with Crippen molar-refractivity contribution in [3.8, 4) is 0 Å². The van der Waals surface area contributed by atoms with Crippen LogP contribution in [0, 0.1) is 11.7 Å². The third-order valence-corrected chi connectivity index (χ3v) is 4.18. The molecule has 1 saturated carbocycles. The van der Waals surface area contributed by atoms with Crippen molar-refractivity contribution in [2.24, 2.45) is 5.92 Å². The van der Waals surface area contributed by atoms with Gasteiger partial charge in [-0.3, -0.25) is 0 Å². The van der Waals surface area contributed by atoms with Gasteiger partial charge in [-0.1, -0.05) is 12.8 Å². The van der Waals surface area contributed by atoms with Crippen LogP contribution in [0.5, 0.6) is 0 Å². The normalized spacial score (nSPS) is 15.3. The van der Waals surface area contributed by atoms with Gasteiger partial charge in [-0.2, -0.15) is 0 Å². The molecule has 0 N–H and O–H groups in total. The summed E-state index contributed by atoms with van der Waals surface area (Å²) in [6.07, 6.45) is 3.07. The predicted octanol–water partition coefficient (Wildman–Crippen LogP) is 2.71. The van der Waals surface area contributed by atoms with Crippen LogP contribution >= 0.6 is 10.7 Å². The Bertz CT molecular complexity index is 596. The Morgan fingerprint density at radius 1 is 1.37 bits per heavy atom. The quantitative estimate of drug-likeness (QED) is 0.620. The fraction of sp³-hybridized carbons (Fsp3) is 0.417. The highest BCUT2D eigenvalue weighted by Crippen LogP contribution is 2.32. The van der Waals surface area contributed by atoms with Gasteiger partial charge < -0.3 is 4.74 Å². The Labute approximate surface area is 114 Å². The topological polar surface area (TPSA) is 60.4 Å². The van der Waals surface area contributed by atoms with Crippen LogP contribution < -0.4 is 0 Å². The maximum atomic E-state index is 13.2. The molecular formula is C12H12ClFO4S. The lowest BCUT2D eigenvalue weighted by Crippen LogP contribution is -2.08. The van der Waals surface area contributed by atoms with Crippen molar-refractivity contribution < 1.29 is 22.3 Å². The number of benzene rings is 1. The lowest BCUT2D eigenvalue weighted by atomic mass is 10.2. The van der Waals surface area contributed by atoms with Crippen LogP contribution in [-0.4, -0.2) is 21.0 Å². The van der Waals surface area contributed by atoms with E-state index in [9.17, 15) is 17.6 Å². The molecule has 1 fully saturated rings. The number of hydrogen-bond acceptors (Lipinski definition) is 4. The standard InChI is InChI=1S/C12H12ClFO4S/c13-19(16,17)11-6-9(5-10(14)7-11)12(15)18-4-3-8-1-2-8/h5-8H,1-4H2. The Morgan fingerprint density at radius 3 is 2.63 bits per heavy atom. The zero-order chi connectivity index (χ0) is 14.0. The van der Waals surface area contributed by atoms with Crippen molar-refractivity contribution in [2.75, 3.05) is 6.61 Å². The first-order valence-corrected chi connectivity index (χ1v) is 8.09. The van der Waals surface area contributed by atoms with Crippen LogP contribution in [0.25, 0.3) is 0 Å². The molecule has 2 rings (SSSR count). The minimum atomic E-state index is -4.08. The van der Waals surface area contributed by atoms with E-state index in [2.05, 4.69) is 0 Å². The molecule has 0 spiro atoms. The molecule has 1 aliphatic rings. The van der Waals surface area contributed by atoms with E-state index in [-0.39, 0.29) is 12.2 Å². The first-order chi connectivity index (χ1) is 8.86. The second-order valence-electron chi connectivity index (χ2n) is 4.48. The molecule has 0 bridgehead atoms. The highest BCUT2D eigenvalue weighted by molar-refractivity contribution is 8.13. The number of rotatable bonds is 5. The average molecular weight is 307 g/mol. The largest absolute Gasteiger partial charge is 0.462 e. The molecule has 1 aromatic carbocycles. The van der Waals surface area contributed by atoms with Gasteiger partial charge in [0.1, 0.15) is 5.82 Å². The lowest BCUT2D eigenvalue weighted by molar-refractivity contribution is 0.0494. The molecule has 0 saturated heterocycles. The maximum absolute atomic E-state index is 13.2. The zero-order valence-electron chi connectivity index (χ0n) is 9.93. The minimum Gasteiger partial charge on any atom is -0.462 e. The number of halogens is 2. The zero-order valence-corrected chi connectivity index (χ0v) is 11.5. The van der Waals surface area contributed by atoms with Crippen LogP contribution in [-0.2, 0) is 13.8 Å². The first-order valence-electron chi connectivity index (χ1n) is 5.78. The SMILES string of the molecule is O=C(OCCC1CC1)c1cc(F)cc(S(=O)(=O)Cl)c1. The van der Waals surface area contributed by atoms with Gasteiger partial charge in [0.2, 0.25) is 0 Å². The molecule has 0 atom stereocenters. The van der Waals surface area contributed by atoms with E-state index in [0.29, 0.717) is 5.92 Å². The highest BCUT2D eigenvalue weighted by atomic mass is 35.7. The molecule has 104 valence electrons. The smallest absolute Gasteiger partial charge is 0.338 e. The van der Waals surface area contributed by atoms with Crippen molar-refractivity contribution in [1.82, 2.24) is 0 Å². The van der Waals surface area contributed by atoms with Gasteiger partial charge in [-0.05, 0) is 30.5 Å². The van der Waals surface area contributed by atoms with Gasteiger partial charge in [0.15, 0.2) is 0 Å². The Kier molecular flexibility index (Phi) is 4.10. The number of hydrogen-bond donors (Lipinski definition) is 0. The second kappa shape index (κ2) is 5.46. The molecule has 1 aliphatic carbocycles. The van der Waals surface area contributed by atoms with Crippen molar-refractivity contribution in [3.05, 3.63) is 29.6 Å². The Balaban J connectivity index is 2.09. The fourth-order valence-electron chi connectivity index (χ4n) is 1.63. The van der Waals surface area contributed by atoms with Crippen LogP contribution in [0.2, 0.25) is 0 Å². The summed E-state index contributed by atoms with van der Waals surface area (Å²) < 4.78 is 40.4. The van der Waals surface area contributed by atoms with Gasteiger partial charge in [0.25, 0.3) is 9.05 Å². The van der Waals surface area contributed by atoms with Gasteiger partial charge in [0.05, 0.1) is 17.1 Å². The molecule has 0 unspecified atom stereocenters. The summed E-state index contributed by atoms with van der Waals surface area (Å²) in [5.41, 5.74) is -0.157. The molecule has 1 aromatic rings. The lowest BCUT2D eigenvalue weighted by Gasteiger charge is -2.05. The Hall–Kier alpha value is -1.14. The third kappa shape index (κ3) is 4.18. The second-order valence-corrected chi connectivity index (χ2v) is 7.05. The van der Waals surface area contributed by atoms with E-state index in [0.717, 1.165) is 37.5 Å². The molecule has 0 amide bonds. The number of esters is 1. The van der Waals surface area contributed by atoms with Crippen LogP contribution in [0.1, 0.15) is 29.6 Å². The van der Waals surface area contributed by atoms with Gasteiger partial charge in [-0.15, -0.1) is 0 Å². The monoisotopic (exact) mass is 306 g/mol. The summed E-state index contributed by atoms with van der Waals surface area (Å²) in [5, 5.41) is 0. The molecule has 19 heavy (non-hydrogen) atoms. The molecule has 7 heteroatoms. The molecule has 0 aromatic heterocycles. The van der Waals surface area contributed by atoms with Gasteiger partial charge in [0, 0.05) is 10.7 Å². The number of carbonyl (C=O) groups is 1. The van der Waals surface area contributed by atoms with Gasteiger partial charge in [-0.25, -0.2) is 17.6 Å². The van der Waals surface area contributed by atoms with E-state index < -0.39 is 25.7 Å². The molecule has 4 nitrogen and oxygen atoms in total. The summed E-state index contributed by atoms with van der Waals surface area (Å²) in [4.78, 5) is 11.2. The van der Waals surface area contributed by atoms with Crippen molar-refractivity contribution in [1.29, 1.82) is 0 Å². The highest BCUT2D eigenvalue weighted by Gasteiger charge is 2.22. The van der Waals surface area contributed by atoms with Crippen molar-refractivity contribution >= 4 is 25.7 Å². The minimum absolute atomic E-state index is 0.157. The van der Waals surface area contributed by atoms with Crippen LogP contribution in [0.3, 0.4) is 0 Å². The molecule has 0 aliphatic heterocycles. The number of ether oxygens (including phenoxy) is 1. The van der Waals surface area contributed by atoms with Crippen LogP contribution in [0.4, 0.5) is 4.39 Å². The number of carbonyl (C=O) groups excluding carboxylic acids is 1. The van der Waals surface area contributed by atoms with E-state index in [1.54, 1.807) is 0 Å². The molecule has 0 heterocycles. The van der Waals surface area contributed by atoms with E-state index in [1.165, 1.54) is 0 Å². The Morgan fingerprint density at radius 2 is 2.05 bits per heavy atom. The van der Waals surface area contributed by atoms with E-state index >= 15 is 0 Å². The molecule has 0 radical (unpaired) electrons. The maximum Gasteiger partial charge on any atom is 0.338 e. The molecular weight excluding hydrogens is 295 g/mol. The van der Waals surface area contributed by atoms with Crippen molar-refractivity contribution in [2.45, 2.75) is 24.2 Å². The summed E-state index contributed by atoms with van der Waals surface area (Å²) in [6.45, 7) is 0.253. The predicted molar refractivity (Wildman–Crippen MR) is 67.1 cm³/mol. The third-order valence-electron chi connectivity index (χ3n) is 2.84. The van der Waals surface area contributed by atoms with E-state index in [1.807, 2.05) is 0 Å². The van der Waals surface area contributed by atoms with Crippen LogP contribution in [0.15, 0.2) is 23.1 Å². The van der Waals surface area contributed by atoms with Crippen molar-refractivity contribution in [3.63, 3.8) is 0 Å².